The van der Waals surface area contributed by atoms with Gasteiger partial charge in [-0.3, -0.25) is 0 Å². The minimum atomic E-state index is -0.355. The first kappa shape index (κ1) is 19.1. The molecule has 28 heavy (non-hydrogen) atoms. The van der Waals surface area contributed by atoms with E-state index in [2.05, 4.69) is 15.5 Å². The van der Waals surface area contributed by atoms with Gasteiger partial charge in [-0.1, -0.05) is 48.0 Å². The highest BCUT2D eigenvalue weighted by Gasteiger charge is 2.17. The van der Waals surface area contributed by atoms with Crippen molar-refractivity contribution >= 4 is 11.6 Å². The molecule has 1 aliphatic heterocycles. The van der Waals surface area contributed by atoms with E-state index in [0.29, 0.717) is 18.1 Å². The van der Waals surface area contributed by atoms with Crippen molar-refractivity contribution in [1.82, 2.24) is 20.3 Å². The first-order chi connectivity index (χ1) is 13.7. The van der Waals surface area contributed by atoms with E-state index in [1.165, 1.54) is 12.1 Å². The van der Waals surface area contributed by atoms with Gasteiger partial charge < -0.3 is 10.1 Å². The van der Waals surface area contributed by atoms with Crippen molar-refractivity contribution in [3.05, 3.63) is 70.6 Å². The lowest BCUT2D eigenvalue weighted by Crippen LogP contribution is -2.26. The van der Waals surface area contributed by atoms with Gasteiger partial charge in [-0.25, -0.2) is 4.39 Å². The minimum Gasteiger partial charge on any atom is -0.377 e. The number of ether oxygens (including phenoxy) is 1. The van der Waals surface area contributed by atoms with Crippen molar-refractivity contribution in [1.29, 1.82) is 0 Å². The van der Waals surface area contributed by atoms with E-state index < -0.39 is 0 Å². The summed E-state index contributed by atoms with van der Waals surface area (Å²) in [5.41, 5.74) is 3.48. The highest BCUT2D eigenvalue weighted by molar-refractivity contribution is 6.31. The second-order valence-corrected chi connectivity index (χ2v) is 7.30. The molecule has 0 unspecified atom stereocenters. The van der Waals surface area contributed by atoms with Crippen LogP contribution in [-0.4, -0.2) is 34.2 Å². The van der Waals surface area contributed by atoms with Gasteiger partial charge in [-0.15, -0.1) is 0 Å². The van der Waals surface area contributed by atoms with Crippen molar-refractivity contribution < 1.29 is 9.13 Å². The molecule has 0 saturated carbocycles. The van der Waals surface area contributed by atoms with Crippen molar-refractivity contribution in [2.75, 3.05) is 13.2 Å². The molecule has 0 aliphatic carbocycles. The number of nitrogens with zero attached hydrogens (tertiary/aromatic N) is 3. The van der Waals surface area contributed by atoms with Gasteiger partial charge in [0, 0.05) is 30.3 Å². The Morgan fingerprint density at radius 2 is 2.04 bits per heavy atom. The standard InChI is InChI=1S/C21H22ClFN4O/c22-19-11-17(23)9-8-16(19)14-27-25-20(13-24-12-18-7-4-10-28-18)21(26-27)15-5-2-1-3-6-15/h1-3,5-6,8-9,11,18,24H,4,7,10,12-14H2/t18-/m1/s1. The predicted octanol–water partition coefficient (Wildman–Crippen LogP) is 4.05. The van der Waals surface area contributed by atoms with Crippen LogP contribution in [0.1, 0.15) is 24.1 Å². The zero-order chi connectivity index (χ0) is 19.3. The molecule has 2 aromatic carbocycles. The van der Waals surface area contributed by atoms with Crippen molar-refractivity contribution in [3.63, 3.8) is 0 Å². The Kier molecular flexibility index (Phi) is 6.00. The maximum Gasteiger partial charge on any atom is 0.124 e. The van der Waals surface area contributed by atoms with Crippen molar-refractivity contribution in [2.24, 2.45) is 0 Å². The summed E-state index contributed by atoms with van der Waals surface area (Å²) in [5, 5.41) is 13.1. The van der Waals surface area contributed by atoms with Crippen LogP contribution in [0.2, 0.25) is 5.02 Å². The van der Waals surface area contributed by atoms with Crippen LogP contribution in [0.4, 0.5) is 4.39 Å². The normalized spacial score (nSPS) is 16.6. The summed E-state index contributed by atoms with van der Waals surface area (Å²) in [5.74, 6) is -0.355. The molecule has 1 saturated heterocycles. The second-order valence-electron chi connectivity index (χ2n) is 6.89. The molecule has 1 aromatic heterocycles. The molecule has 5 nitrogen and oxygen atoms in total. The van der Waals surface area contributed by atoms with Crippen LogP contribution in [0.25, 0.3) is 11.3 Å². The second kappa shape index (κ2) is 8.82. The largest absolute Gasteiger partial charge is 0.377 e. The first-order valence-electron chi connectivity index (χ1n) is 9.45. The van der Waals surface area contributed by atoms with Crippen LogP contribution in [0.5, 0.6) is 0 Å². The van der Waals surface area contributed by atoms with E-state index in [-0.39, 0.29) is 11.9 Å². The van der Waals surface area contributed by atoms with Gasteiger partial charge in [0.2, 0.25) is 0 Å². The predicted molar refractivity (Wildman–Crippen MR) is 107 cm³/mol. The zero-order valence-corrected chi connectivity index (χ0v) is 16.2. The topological polar surface area (TPSA) is 52.0 Å². The quantitative estimate of drug-likeness (QED) is 0.650. The fraction of sp³-hybridized carbons (Fsp3) is 0.333. The molecule has 1 atom stereocenters. The van der Waals surface area contributed by atoms with Crippen LogP contribution in [-0.2, 0) is 17.8 Å². The summed E-state index contributed by atoms with van der Waals surface area (Å²) in [6.07, 6.45) is 2.48. The number of nitrogens with one attached hydrogen (secondary N) is 1. The Labute approximate surface area is 168 Å². The average molecular weight is 401 g/mol. The molecular weight excluding hydrogens is 379 g/mol. The van der Waals surface area contributed by atoms with Gasteiger partial charge in [0.05, 0.1) is 12.6 Å². The van der Waals surface area contributed by atoms with Gasteiger partial charge in [-0.2, -0.15) is 15.0 Å². The van der Waals surface area contributed by atoms with Gasteiger partial charge in [0.15, 0.2) is 0 Å². The lowest BCUT2D eigenvalue weighted by molar-refractivity contribution is 0.110. The van der Waals surface area contributed by atoms with Gasteiger partial charge in [-0.05, 0) is 30.5 Å². The Bertz CT molecular complexity index is 925. The SMILES string of the molecule is Fc1ccc(Cn2nc(CNC[C@H]3CCCO3)c(-c3ccccc3)n2)c(Cl)c1. The monoisotopic (exact) mass is 400 g/mol. The molecule has 2 heterocycles. The van der Waals surface area contributed by atoms with E-state index in [1.54, 1.807) is 10.9 Å². The summed E-state index contributed by atoms with van der Waals surface area (Å²) < 4.78 is 19.0. The summed E-state index contributed by atoms with van der Waals surface area (Å²) >= 11 is 6.16. The van der Waals surface area contributed by atoms with Crippen LogP contribution < -0.4 is 5.32 Å². The summed E-state index contributed by atoms with van der Waals surface area (Å²) in [6, 6.07) is 14.3. The Hall–Kier alpha value is -2.28. The van der Waals surface area contributed by atoms with E-state index >= 15 is 0 Å². The van der Waals surface area contributed by atoms with Gasteiger partial charge in [0.1, 0.15) is 17.2 Å². The molecule has 146 valence electrons. The van der Waals surface area contributed by atoms with Crippen LogP contribution >= 0.6 is 11.6 Å². The Morgan fingerprint density at radius 3 is 2.79 bits per heavy atom. The molecule has 1 aliphatic rings. The molecule has 1 fully saturated rings. The lowest BCUT2D eigenvalue weighted by Gasteiger charge is -2.10. The number of benzene rings is 2. The molecule has 4 rings (SSSR count). The summed E-state index contributed by atoms with van der Waals surface area (Å²) in [7, 11) is 0. The molecule has 0 spiro atoms. The highest BCUT2D eigenvalue weighted by Crippen LogP contribution is 2.22. The van der Waals surface area contributed by atoms with E-state index in [4.69, 9.17) is 16.3 Å². The summed E-state index contributed by atoms with van der Waals surface area (Å²) in [6.45, 7) is 2.62. The third-order valence-corrected chi connectivity index (χ3v) is 5.14. The van der Waals surface area contributed by atoms with Crippen LogP contribution in [0.3, 0.4) is 0 Å². The van der Waals surface area contributed by atoms with Crippen LogP contribution in [0.15, 0.2) is 48.5 Å². The number of hydrogen-bond acceptors (Lipinski definition) is 4. The van der Waals surface area contributed by atoms with E-state index in [1.807, 2.05) is 30.3 Å². The molecular formula is C21H22ClFN4O. The minimum absolute atomic E-state index is 0.272. The number of rotatable bonds is 7. The molecule has 3 aromatic rings. The molecule has 1 N–H and O–H groups in total. The highest BCUT2D eigenvalue weighted by atomic mass is 35.5. The van der Waals surface area contributed by atoms with Crippen LogP contribution in [0, 0.1) is 5.82 Å². The molecule has 0 bridgehead atoms. The number of aromatic nitrogens is 3. The third kappa shape index (κ3) is 4.58. The Morgan fingerprint density at radius 1 is 1.18 bits per heavy atom. The smallest absolute Gasteiger partial charge is 0.124 e. The fourth-order valence-electron chi connectivity index (χ4n) is 3.35. The molecule has 0 amide bonds. The maximum absolute atomic E-state index is 13.3. The number of halogens is 2. The zero-order valence-electron chi connectivity index (χ0n) is 15.4. The van der Waals surface area contributed by atoms with Crippen molar-refractivity contribution in [2.45, 2.75) is 32.0 Å². The fourth-order valence-corrected chi connectivity index (χ4v) is 3.58. The molecule has 7 heteroatoms. The lowest BCUT2D eigenvalue weighted by atomic mass is 10.1. The molecule has 0 radical (unpaired) electrons. The number of hydrogen-bond donors (Lipinski definition) is 1. The summed E-state index contributed by atoms with van der Waals surface area (Å²) in [4.78, 5) is 1.62. The van der Waals surface area contributed by atoms with Gasteiger partial charge >= 0.3 is 0 Å². The Balaban J connectivity index is 1.54. The first-order valence-corrected chi connectivity index (χ1v) is 9.82. The third-order valence-electron chi connectivity index (χ3n) is 4.79. The van der Waals surface area contributed by atoms with E-state index in [0.717, 1.165) is 48.5 Å². The average Bonchev–Trinajstić information content (AvgIpc) is 3.35. The van der Waals surface area contributed by atoms with E-state index in [9.17, 15) is 4.39 Å². The maximum atomic E-state index is 13.3. The van der Waals surface area contributed by atoms with Gasteiger partial charge in [0.25, 0.3) is 0 Å². The van der Waals surface area contributed by atoms with Crippen molar-refractivity contribution in [3.8, 4) is 11.3 Å².